The van der Waals surface area contributed by atoms with E-state index in [4.69, 9.17) is 12.2 Å². The van der Waals surface area contributed by atoms with Gasteiger partial charge in [0.25, 0.3) is 11.5 Å². The number of nitrogens with zero attached hydrogens (tertiary/aromatic N) is 2. The fourth-order valence-corrected chi connectivity index (χ4v) is 3.44. The summed E-state index contributed by atoms with van der Waals surface area (Å²) < 4.78 is 1.57. The second-order valence-electron chi connectivity index (χ2n) is 6.72. The minimum atomic E-state index is -0.646. The summed E-state index contributed by atoms with van der Waals surface area (Å²) in [6.45, 7) is 0.429. The quantitative estimate of drug-likeness (QED) is 0.251. The number of hydrogen-bond acceptors (Lipinski definition) is 6. The summed E-state index contributed by atoms with van der Waals surface area (Å²) in [6.07, 6.45) is 8.44. The molecule has 1 amide bonds. The van der Waals surface area contributed by atoms with Crippen molar-refractivity contribution in [1.82, 2.24) is 15.0 Å². The highest BCUT2D eigenvalue weighted by molar-refractivity contribution is 7.71. The van der Waals surface area contributed by atoms with Crippen LogP contribution in [0.25, 0.3) is 0 Å². The second-order valence-corrected chi connectivity index (χ2v) is 7.11. The van der Waals surface area contributed by atoms with Gasteiger partial charge >= 0.3 is 0 Å². The van der Waals surface area contributed by atoms with E-state index in [1.54, 1.807) is 12.1 Å². The molecular weight excluding hydrogens is 392 g/mol. The van der Waals surface area contributed by atoms with Crippen molar-refractivity contribution in [1.29, 1.82) is 0 Å². The standard InChI is InChI=1S/C20H22N4O4S/c25-16-9-5-4-8-14(16)18(27)23-21-12-15-17(26)22-20(29)24(19(15)28)11-10-13-6-2-1-3-7-13/h4-6,8-9,12,25,28H,1-3,7,10-11H2,(H,23,27)(H,22,26,29)/b21-12+. The second kappa shape index (κ2) is 9.33. The van der Waals surface area contributed by atoms with Crippen LogP contribution in [0.1, 0.15) is 48.0 Å². The molecule has 4 N–H and O–H groups in total. The number of carbonyl (C=O) groups excluding carboxylic acids is 1. The lowest BCUT2D eigenvalue weighted by Crippen LogP contribution is -2.21. The Morgan fingerprint density at radius 3 is 2.83 bits per heavy atom. The number of aromatic nitrogens is 2. The van der Waals surface area contributed by atoms with Gasteiger partial charge in [0, 0.05) is 6.54 Å². The molecule has 0 bridgehead atoms. The van der Waals surface area contributed by atoms with Gasteiger partial charge in [-0.25, -0.2) is 5.43 Å². The van der Waals surface area contributed by atoms with Crippen LogP contribution in [0.15, 0.2) is 45.8 Å². The zero-order valence-corrected chi connectivity index (χ0v) is 16.5. The summed E-state index contributed by atoms with van der Waals surface area (Å²) in [5, 5.41) is 23.9. The number of phenols is 1. The number of phenolic OH excluding ortho intramolecular Hbond substituents is 1. The van der Waals surface area contributed by atoms with Crippen molar-refractivity contribution in [2.24, 2.45) is 5.10 Å². The van der Waals surface area contributed by atoms with E-state index in [0.29, 0.717) is 6.54 Å². The van der Waals surface area contributed by atoms with Gasteiger partial charge in [-0.2, -0.15) is 5.10 Å². The van der Waals surface area contributed by atoms with Crippen LogP contribution >= 0.6 is 12.2 Å². The van der Waals surface area contributed by atoms with Gasteiger partial charge in [0.2, 0.25) is 5.88 Å². The van der Waals surface area contributed by atoms with E-state index in [2.05, 4.69) is 21.6 Å². The van der Waals surface area contributed by atoms with Crippen LogP contribution in [-0.2, 0) is 6.54 Å². The number of aromatic hydroxyl groups is 2. The van der Waals surface area contributed by atoms with E-state index in [-0.39, 0.29) is 27.5 Å². The lowest BCUT2D eigenvalue weighted by Gasteiger charge is -2.15. The number of hydrazone groups is 1. The third-order valence-electron chi connectivity index (χ3n) is 4.76. The molecule has 1 aromatic heterocycles. The summed E-state index contributed by atoms with van der Waals surface area (Å²) in [5.74, 6) is -1.14. The predicted molar refractivity (Wildman–Crippen MR) is 112 cm³/mol. The summed E-state index contributed by atoms with van der Waals surface area (Å²) in [5.41, 5.74) is 2.85. The monoisotopic (exact) mass is 414 g/mol. The van der Waals surface area contributed by atoms with Gasteiger partial charge in [-0.1, -0.05) is 23.8 Å². The van der Waals surface area contributed by atoms with Gasteiger partial charge in [-0.3, -0.25) is 19.1 Å². The first-order valence-electron chi connectivity index (χ1n) is 9.32. The Labute approximate surface area is 172 Å². The molecule has 29 heavy (non-hydrogen) atoms. The lowest BCUT2D eigenvalue weighted by atomic mass is 9.97. The normalized spacial score (nSPS) is 14.0. The van der Waals surface area contributed by atoms with Crippen LogP contribution in [0.4, 0.5) is 0 Å². The van der Waals surface area contributed by atoms with Crippen LogP contribution in [0.3, 0.4) is 0 Å². The van der Waals surface area contributed by atoms with E-state index < -0.39 is 11.5 Å². The molecule has 152 valence electrons. The van der Waals surface area contributed by atoms with Gasteiger partial charge < -0.3 is 10.2 Å². The van der Waals surface area contributed by atoms with Gasteiger partial charge in [-0.05, 0) is 56.5 Å². The molecule has 1 aliphatic carbocycles. The average molecular weight is 414 g/mol. The van der Waals surface area contributed by atoms with Crippen molar-refractivity contribution in [3.8, 4) is 11.6 Å². The van der Waals surface area contributed by atoms with E-state index in [0.717, 1.165) is 31.9 Å². The molecule has 1 aromatic carbocycles. The van der Waals surface area contributed by atoms with Crippen LogP contribution in [0.5, 0.6) is 11.6 Å². The number of carbonyl (C=O) groups is 1. The third kappa shape index (κ3) is 5.00. The lowest BCUT2D eigenvalue weighted by molar-refractivity contribution is 0.0952. The number of nitrogens with one attached hydrogen (secondary N) is 2. The molecular formula is C20H22N4O4S. The molecule has 0 radical (unpaired) electrons. The number of para-hydroxylation sites is 1. The number of allylic oxidation sites excluding steroid dienone is 2. The average Bonchev–Trinajstić information content (AvgIpc) is 2.71. The predicted octanol–water partition coefficient (Wildman–Crippen LogP) is 2.97. The van der Waals surface area contributed by atoms with Crippen molar-refractivity contribution in [2.75, 3.05) is 0 Å². The number of benzene rings is 1. The summed E-state index contributed by atoms with van der Waals surface area (Å²) in [7, 11) is 0. The molecule has 3 rings (SSSR count). The van der Waals surface area contributed by atoms with Crippen LogP contribution in [-0.4, -0.2) is 31.9 Å². The van der Waals surface area contributed by atoms with Crippen molar-refractivity contribution in [3.63, 3.8) is 0 Å². The Morgan fingerprint density at radius 2 is 2.10 bits per heavy atom. The highest BCUT2D eigenvalue weighted by atomic mass is 32.1. The third-order valence-corrected chi connectivity index (χ3v) is 5.08. The van der Waals surface area contributed by atoms with Crippen molar-refractivity contribution < 1.29 is 15.0 Å². The van der Waals surface area contributed by atoms with E-state index in [1.807, 2.05) is 0 Å². The molecule has 1 aliphatic rings. The Morgan fingerprint density at radius 1 is 1.31 bits per heavy atom. The zero-order valence-electron chi connectivity index (χ0n) is 15.7. The molecule has 0 atom stereocenters. The maximum absolute atomic E-state index is 12.2. The van der Waals surface area contributed by atoms with E-state index in [1.165, 1.54) is 28.7 Å². The Hall–Kier alpha value is -3.20. The topological polar surface area (TPSA) is 120 Å². The highest BCUT2D eigenvalue weighted by Crippen LogP contribution is 2.22. The molecule has 0 saturated carbocycles. The highest BCUT2D eigenvalue weighted by Gasteiger charge is 2.13. The van der Waals surface area contributed by atoms with Gasteiger partial charge in [-0.15, -0.1) is 0 Å². The van der Waals surface area contributed by atoms with Gasteiger partial charge in [0.1, 0.15) is 11.3 Å². The largest absolute Gasteiger partial charge is 0.507 e. The van der Waals surface area contributed by atoms with E-state index >= 15 is 0 Å². The van der Waals surface area contributed by atoms with Crippen molar-refractivity contribution >= 4 is 24.3 Å². The molecule has 0 aliphatic heterocycles. The minimum absolute atomic E-state index is 0.0412. The molecule has 0 fully saturated rings. The molecule has 8 nitrogen and oxygen atoms in total. The number of hydrogen-bond donors (Lipinski definition) is 4. The van der Waals surface area contributed by atoms with Crippen molar-refractivity contribution in [2.45, 2.75) is 38.6 Å². The van der Waals surface area contributed by atoms with E-state index in [9.17, 15) is 19.8 Å². The minimum Gasteiger partial charge on any atom is -0.507 e. The van der Waals surface area contributed by atoms with Crippen LogP contribution in [0.2, 0.25) is 0 Å². The number of H-pyrrole nitrogens is 1. The molecule has 0 spiro atoms. The maximum atomic E-state index is 12.2. The fraction of sp³-hybridized carbons (Fsp3) is 0.300. The molecule has 9 heteroatoms. The molecule has 2 aromatic rings. The van der Waals surface area contributed by atoms with Crippen LogP contribution in [0, 0.1) is 4.77 Å². The molecule has 1 heterocycles. The summed E-state index contributed by atoms with van der Waals surface area (Å²) >= 11 is 5.17. The van der Waals surface area contributed by atoms with Gasteiger partial charge in [0.15, 0.2) is 4.77 Å². The Balaban J connectivity index is 1.76. The maximum Gasteiger partial charge on any atom is 0.275 e. The summed E-state index contributed by atoms with van der Waals surface area (Å²) in [4.78, 5) is 26.7. The first-order chi connectivity index (χ1) is 14.0. The summed E-state index contributed by atoms with van der Waals surface area (Å²) in [6, 6.07) is 6.00. The van der Waals surface area contributed by atoms with Gasteiger partial charge in [0.05, 0.1) is 11.8 Å². The smallest absolute Gasteiger partial charge is 0.275 e. The molecule has 0 saturated heterocycles. The first-order valence-corrected chi connectivity index (χ1v) is 9.73. The zero-order chi connectivity index (χ0) is 20.8. The molecule has 0 unspecified atom stereocenters. The SMILES string of the molecule is O=C(N/N=C/c1c(O)n(CCC2=CCCCC2)c(=S)[nH]c1=O)c1ccccc1O. The number of rotatable bonds is 6. The Bertz CT molecular complexity index is 1080. The number of aromatic amines is 1. The van der Waals surface area contributed by atoms with Crippen LogP contribution < -0.4 is 11.0 Å². The van der Waals surface area contributed by atoms with Crippen molar-refractivity contribution in [3.05, 3.63) is 62.2 Å². The Kier molecular flexibility index (Phi) is 6.61. The first kappa shape index (κ1) is 20.5. The number of amides is 1. The fourth-order valence-electron chi connectivity index (χ4n) is 3.17.